The van der Waals surface area contributed by atoms with Crippen LogP contribution in [0, 0.1) is 5.41 Å². The van der Waals surface area contributed by atoms with E-state index in [1.54, 1.807) is 11.0 Å². The summed E-state index contributed by atoms with van der Waals surface area (Å²) >= 11 is 0. The molecule has 9 heteroatoms. The molecule has 4 rings (SSSR count). The fourth-order valence-electron chi connectivity index (χ4n) is 5.56. The first kappa shape index (κ1) is 27.5. The van der Waals surface area contributed by atoms with Gasteiger partial charge in [0.1, 0.15) is 5.60 Å². The molecule has 1 amide bonds. The fraction of sp³-hybridized carbons (Fsp3) is 0.607. The molecule has 1 saturated carbocycles. The van der Waals surface area contributed by atoms with Crippen LogP contribution in [0.15, 0.2) is 30.3 Å². The van der Waals surface area contributed by atoms with Crippen molar-refractivity contribution >= 4 is 33.8 Å². The molecule has 1 saturated heterocycles. The summed E-state index contributed by atoms with van der Waals surface area (Å²) in [5.74, 6) is -1.02. The van der Waals surface area contributed by atoms with Gasteiger partial charge in [0.2, 0.25) is 0 Å². The van der Waals surface area contributed by atoms with Crippen molar-refractivity contribution in [3.63, 3.8) is 0 Å². The van der Waals surface area contributed by atoms with E-state index in [1.807, 2.05) is 65.8 Å². The second kappa shape index (κ2) is 9.98. The number of fused-ring (bicyclic) bond motifs is 1. The Morgan fingerprint density at radius 2 is 1.78 bits per heavy atom. The van der Waals surface area contributed by atoms with Crippen LogP contribution in [0.25, 0.3) is 10.8 Å². The Morgan fingerprint density at radius 3 is 2.38 bits per heavy atom. The number of carbonyl (C=O) groups excluding carboxylic acids is 1. The lowest BCUT2D eigenvalue weighted by Crippen LogP contribution is -2.52. The standard InChI is InChI=1S/C28H39N3O5S/c1-26(2,3)36-25(34)31-13-11-28(12-14-31)17-19(16-22(28)30-37(35)27(4,5)6)21-15-18-9-7-8-10-20(18)23(29-21)24(32)33/h7-10,15,19,22,30H,11-14,16-17H2,1-6H3,(H,32,33)/t19-,22-,37-/m1/s1. The number of carboxylic acid groups (broad SMARTS) is 1. The van der Waals surface area contributed by atoms with Crippen molar-refractivity contribution in [2.24, 2.45) is 5.41 Å². The average Bonchev–Trinajstić information content (AvgIpc) is 3.14. The molecule has 8 nitrogen and oxygen atoms in total. The smallest absolute Gasteiger partial charge is 0.410 e. The van der Waals surface area contributed by atoms with Crippen molar-refractivity contribution < 1.29 is 23.6 Å². The number of piperidine rings is 1. The third kappa shape index (κ3) is 5.98. The number of ether oxygens (including phenoxy) is 1. The molecule has 0 radical (unpaired) electrons. The highest BCUT2D eigenvalue weighted by atomic mass is 32.2. The van der Waals surface area contributed by atoms with Crippen LogP contribution >= 0.6 is 0 Å². The molecular weight excluding hydrogens is 490 g/mol. The van der Waals surface area contributed by atoms with Gasteiger partial charge in [0.25, 0.3) is 0 Å². The van der Waals surface area contributed by atoms with Gasteiger partial charge in [-0.3, -0.25) is 0 Å². The second-order valence-corrected chi connectivity index (χ2v) is 14.4. The van der Waals surface area contributed by atoms with Gasteiger partial charge in [-0.25, -0.2) is 23.5 Å². The summed E-state index contributed by atoms with van der Waals surface area (Å²) in [5.41, 5.74) is 0.0930. The van der Waals surface area contributed by atoms with Crippen LogP contribution in [0.2, 0.25) is 0 Å². The predicted octanol–water partition coefficient (Wildman–Crippen LogP) is 5.25. The molecule has 2 aromatic rings. The van der Waals surface area contributed by atoms with E-state index in [0.29, 0.717) is 24.9 Å². The van der Waals surface area contributed by atoms with Crippen LogP contribution in [0.4, 0.5) is 4.79 Å². The van der Waals surface area contributed by atoms with Gasteiger partial charge < -0.3 is 14.7 Å². The highest BCUT2D eigenvalue weighted by molar-refractivity contribution is 7.84. The summed E-state index contributed by atoms with van der Waals surface area (Å²) in [4.78, 5) is 31.1. The summed E-state index contributed by atoms with van der Waals surface area (Å²) in [5, 5.41) is 11.3. The van der Waals surface area contributed by atoms with Crippen LogP contribution in [-0.2, 0) is 15.7 Å². The first-order valence-electron chi connectivity index (χ1n) is 13.0. The summed E-state index contributed by atoms with van der Waals surface area (Å²) in [7, 11) is -1.26. The highest BCUT2D eigenvalue weighted by Crippen LogP contribution is 2.53. The number of amides is 1. The summed E-state index contributed by atoms with van der Waals surface area (Å²) in [6.45, 7) is 12.6. The molecule has 1 aliphatic heterocycles. The maximum Gasteiger partial charge on any atom is 0.410 e. The number of nitrogens with zero attached hydrogens (tertiary/aromatic N) is 2. The molecule has 2 fully saturated rings. The number of aromatic nitrogens is 1. The number of rotatable bonds is 4. The maximum absolute atomic E-state index is 13.2. The van der Waals surface area contributed by atoms with Gasteiger partial charge in [-0.05, 0) is 84.1 Å². The minimum atomic E-state index is -1.26. The van der Waals surface area contributed by atoms with Gasteiger partial charge in [-0.15, -0.1) is 0 Å². The summed E-state index contributed by atoms with van der Waals surface area (Å²) < 4.78 is 21.8. The predicted molar refractivity (Wildman–Crippen MR) is 145 cm³/mol. The van der Waals surface area contributed by atoms with E-state index in [2.05, 4.69) is 9.71 Å². The Hall–Kier alpha value is -2.52. The molecule has 202 valence electrons. The fourth-order valence-corrected chi connectivity index (χ4v) is 6.52. The van der Waals surface area contributed by atoms with Gasteiger partial charge in [0, 0.05) is 36.1 Å². The van der Waals surface area contributed by atoms with Gasteiger partial charge in [0.05, 0.1) is 15.7 Å². The van der Waals surface area contributed by atoms with E-state index in [1.165, 1.54) is 0 Å². The minimum Gasteiger partial charge on any atom is -0.476 e. The summed E-state index contributed by atoms with van der Waals surface area (Å²) in [6.07, 6.45) is 2.70. The van der Waals surface area contributed by atoms with Crippen molar-refractivity contribution in [1.29, 1.82) is 0 Å². The number of carbonyl (C=O) groups is 2. The quantitative estimate of drug-likeness (QED) is 0.560. The molecule has 1 spiro atoms. The zero-order valence-corrected chi connectivity index (χ0v) is 23.5. The van der Waals surface area contributed by atoms with Gasteiger partial charge in [-0.2, -0.15) is 0 Å². The van der Waals surface area contributed by atoms with Crippen LogP contribution in [0.1, 0.15) is 89.3 Å². The molecule has 1 aromatic heterocycles. The van der Waals surface area contributed by atoms with E-state index in [0.717, 1.165) is 30.3 Å². The lowest BCUT2D eigenvalue weighted by Gasteiger charge is -2.43. The number of nitrogens with one attached hydrogen (secondary N) is 1. The number of carboxylic acids is 1. The number of benzene rings is 1. The first-order valence-corrected chi connectivity index (χ1v) is 14.1. The third-order valence-corrected chi connectivity index (χ3v) is 9.12. The topological polar surface area (TPSA) is 109 Å². The molecule has 1 aromatic carbocycles. The Morgan fingerprint density at radius 1 is 1.14 bits per heavy atom. The largest absolute Gasteiger partial charge is 0.476 e. The van der Waals surface area contributed by atoms with Crippen LogP contribution in [-0.4, -0.2) is 60.7 Å². The number of hydrogen-bond acceptors (Lipinski definition) is 5. The Bertz CT molecular complexity index is 1210. The van der Waals surface area contributed by atoms with Crippen molar-refractivity contribution in [3.8, 4) is 0 Å². The normalized spacial score (nSPS) is 22.8. The second-order valence-electron chi connectivity index (χ2n) is 12.4. The summed E-state index contributed by atoms with van der Waals surface area (Å²) in [6, 6.07) is 9.38. The zero-order valence-electron chi connectivity index (χ0n) is 22.7. The van der Waals surface area contributed by atoms with E-state index in [9.17, 15) is 18.9 Å². The third-order valence-electron chi connectivity index (χ3n) is 7.51. The van der Waals surface area contributed by atoms with E-state index < -0.39 is 27.3 Å². The van der Waals surface area contributed by atoms with Crippen LogP contribution in [0.3, 0.4) is 0 Å². The van der Waals surface area contributed by atoms with Crippen LogP contribution in [0.5, 0.6) is 0 Å². The first-order chi connectivity index (χ1) is 17.2. The van der Waals surface area contributed by atoms with Crippen LogP contribution < -0.4 is 4.72 Å². The van der Waals surface area contributed by atoms with Crippen molar-refractivity contribution in [1.82, 2.24) is 14.6 Å². The highest BCUT2D eigenvalue weighted by Gasteiger charge is 2.51. The molecular formula is C28H39N3O5S. The van der Waals surface area contributed by atoms with Crippen molar-refractivity contribution in [2.75, 3.05) is 13.1 Å². The molecule has 2 heterocycles. The SMILES string of the molecule is CC(C)(C)OC(=O)N1CCC2(CC1)C[C@H](c1cc3ccccc3c(C(=O)O)n1)C[C@H]2N[S@](=O)C(C)(C)C. The van der Waals surface area contributed by atoms with Gasteiger partial charge in [-0.1, -0.05) is 24.3 Å². The molecule has 3 atom stereocenters. The molecule has 2 N–H and O–H groups in total. The zero-order chi connectivity index (χ0) is 27.2. The monoisotopic (exact) mass is 529 g/mol. The lowest BCUT2D eigenvalue weighted by atomic mass is 9.74. The lowest BCUT2D eigenvalue weighted by molar-refractivity contribution is 0.00808. The molecule has 0 unspecified atom stereocenters. The Balaban J connectivity index is 1.63. The molecule has 0 bridgehead atoms. The molecule has 2 aliphatic rings. The Kier molecular flexibility index (Phi) is 7.42. The number of aromatic carboxylic acids is 1. The maximum atomic E-state index is 13.2. The average molecular weight is 530 g/mol. The van der Waals surface area contributed by atoms with E-state index >= 15 is 0 Å². The number of pyridine rings is 1. The van der Waals surface area contributed by atoms with Crippen molar-refractivity contribution in [2.45, 2.75) is 89.5 Å². The molecule has 37 heavy (non-hydrogen) atoms. The van der Waals surface area contributed by atoms with Gasteiger partial charge >= 0.3 is 12.1 Å². The van der Waals surface area contributed by atoms with E-state index in [-0.39, 0.29) is 29.2 Å². The minimum absolute atomic E-state index is 0.0188. The number of likely N-dealkylation sites (tertiary alicyclic amines) is 1. The Labute approximate surface area is 221 Å². The molecule has 1 aliphatic carbocycles. The number of hydrogen-bond donors (Lipinski definition) is 2. The van der Waals surface area contributed by atoms with Crippen molar-refractivity contribution in [3.05, 3.63) is 41.7 Å². The van der Waals surface area contributed by atoms with E-state index in [4.69, 9.17) is 4.74 Å². The van der Waals surface area contributed by atoms with Gasteiger partial charge in [0.15, 0.2) is 5.69 Å².